The zero-order chi connectivity index (χ0) is 4.50. The third-order valence-electron chi connectivity index (χ3n) is 0. The zero-order valence-corrected chi connectivity index (χ0v) is 12.0. The molecule has 0 atom stereocenters. The van der Waals surface area contributed by atoms with Gasteiger partial charge in [0, 0.05) is 10.4 Å². The minimum atomic E-state index is -5.17. The van der Waals surface area contributed by atoms with E-state index in [9.17, 15) is 0 Å². The third-order valence-corrected chi connectivity index (χ3v) is 0. The monoisotopic (exact) mass is 428 g/mol. The van der Waals surface area contributed by atoms with Gasteiger partial charge in [-0.1, -0.05) is 0 Å². The Labute approximate surface area is 78.9 Å². The van der Waals surface area contributed by atoms with E-state index >= 15 is 0 Å². The fourth-order valence-electron chi connectivity index (χ4n) is 0. The van der Waals surface area contributed by atoms with Gasteiger partial charge in [0.2, 0.25) is 0 Å². The van der Waals surface area contributed by atoms with Crippen molar-refractivity contribution in [3.8, 4) is 0 Å². The first kappa shape index (κ1) is 15.8. The summed E-state index contributed by atoms with van der Waals surface area (Å²) in [6.07, 6.45) is 0. The van der Waals surface area contributed by atoms with Gasteiger partial charge < -0.3 is 9.11 Å². The summed E-state index contributed by atoms with van der Waals surface area (Å²) in [5.41, 5.74) is 0. The quantitative estimate of drug-likeness (QED) is 0.236. The van der Waals surface area contributed by atoms with Crippen LogP contribution in [0, 0.1) is 0 Å². The van der Waals surface area contributed by atoms with E-state index in [0.717, 1.165) is 0 Å². The van der Waals surface area contributed by atoms with Crippen LogP contribution in [0.2, 0.25) is 0 Å². The van der Waals surface area contributed by atoms with E-state index in [2.05, 4.69) is 0 Å². The van der Waals surface area contributed by atoms with Gasteiger partial charge in [0.15, 0.2) is 0 Å². The van der Waals surface area contributed by atoms with Crippen molar-refractivity contribution in [2.45, 2.75) is 0 Å². The molecule has 4 nitrogen and oxygen atoms in total. The predicted octanol–water partition coefficient (Wildman–Crippen LogP) is -2.90. The minimum absolute atomic E-state index is 0. The van der Waals surface area contributed by atoms with Crippen molar-refractivity contribution in [1.29, 1.82) is 0 Å². The maximum absolute atomic E-state index is 8.52. The van der Waals surface area contributed by atoms with Crippen LogP contribution >= 0.6 is 0 Å². The Hall–Kier alpha value is 1.61. The summed E-state index contributed by atoms with van der Waals surface area (Å²) in [5, 5.41) is 0. The Morgan fingerprint density at radius 2 is 1.14 bits per heavy atom. The second kappa shape index (κ2) is 5.74. The van der Waals surface area contributed by atoms with Crippen molar-refractivity contribution < 1.29 is 17.5 Å². The van der Waals surface area contributed by atoms with Crippen LogP contribution in [0.15, 0.2) is 0 Å². The van der Waals surface area contributed by atoms with E-state index in [-0.39, 0.29) is 51.7 Å². The summed E-state index contributed by atoms with van der Waals surface area (Å²) in [7, 11) is -5.17. The Balaban J connectivity index is -0.0000000800. The molecule has 0 N–H and O–H groups in total. The van der Waals surface area contributed by atoms with Crippen molar-refractivity contribution >= 4 is 62.1 Å². The van der Waals surface area contributed by atoms with E-state index in [1.165, 1.54) is 0 Å². The fraction of sp³-hybridized carbons (Fsp3) is 0. The number of hydrogen-bond donors (Lipinski definition) is 0. The van der Waals surface area contributed by atoms with Gasteiger partial charge in [-0.2, -0.15) is 0 Å². The molecule has 0 amide bonds. The molecular formula is H3O4PbSSb. The molecule has 0 saturated carbocycles. The summed E-state index contributed by atoms with van der Waals surface area (Å²) in [5.74, 6) is 0. The van der Waals surface area contributed by atoms with E-state index in [1.54, 1.807) is 0 Å². The Kier molecular flexibility index (Phi) is 13.0. The molecule has 0 rings (SSSR count). The van der Waals surface area contributed by atoms with Gasteiger partial charge in [0.25, 0.3) is 0 Å². The second-order valence-electron chi connectivity index (χ2n) is 0.408. The summed E-state index contributed by atoms with van der Waals surface area (Å²) in [6.45, 7) is 0. The predicted molar refractivity (Wildman–Crippen MR) is 26.2 cm³/mol. The maximum atomic E-state index is 8.52. The van der Waals surface area contributed by atoms with E-state index < -0.39 is 10.4 Å². The van der Waals surface area contributed by atoms with Crippen LogP contribution < -0.4 is 0 Å². The molecule has 0 spiro atoms. The Morgan fingerprint density at radius 1 is 1.14 bits per heavy atom. The van der Waals surface area contributed by atoms with E-state index in [0.29, 0.717) is 0 Å². The van der Waals surface area contributed by atoms with E-state index in [1.807, 2.05) is 0 Å². The van der Waals surface area contributed by atoms with Crippen LogP contribution in [-0.2, 0) is 10.4 Å². The molecule has 0 fully saturated rings. The molecule has 0 aliphatic carbocycles. The van der Waals surface area contributed by atoms with Crippen LogP contribution in [0.1, 0.15) is 0 Å². The van der Waals surface area contributed by atoms with Crippen LogP contribution in [-0.4, -0.2) is 69.3 Å². The van der Waals surface area contributed by atoms with Gasteiger partial charge in [0.05, 0.1) is 0 Å². The number of rotatable bonds is 0. The topological polar surface area (TPSA) is 80.3 Å². The van der Waals surface area contributed by atoms with E-state index in [4.69, 9.17) is 17.5 Å². The molecule has 0 saturated heterocycles. The number of hydrogen-bond acceptors (Lipinski definition) is 4. The average Bonchev–Trinajstić information content (AvgIpc) is 0.722. The first-order valence-electron chi connectivity index (χ1n) is 0.667. The van der Waals surface area contributed by atoms with Gasteiger partial charge in [0.1, 0.15) is 0 Å². The summed E-state index contributed by atoms with van der Waals surface area (Å²) in [6, 6.07) is 0. The fourth-order valence-corrected chi connectivity index (χ4v) is 0. The van der Waals surface area contributed by atoms with Gasteiger partial charge in [-0.3, -0.25) is 8.42 Å². The molecule has 0 aromatic rings. The molecule has 0 aromatic carbocycles. The molecule has 0 bridgehead atoms. The van der Waals surface area contributed by atoms with Crippen LogP contribution in [0.5, 0.6) is 0 Å². The molecule has 7 heteroatoms. The molecule has 0 heterocycles. The third kappa shape index (κ3) is 92.4. The first-order chi connectivity index (χ1) is 2.00. The molecular weight excluding hydrogens is 425 g/mol. The first-order valence-corrected chi connectivity index (χ1v) is 2.00. The van der Waals surface area contributed by atoms with Crippen LogP contribution in [0.25, 0.3) is 0 Å². The SMILES string of the molecule is O=S(=O)([O-])[O-].[Pb+2].[SbH3]. The van der Waals surface area contributed by atoms with Crippen LogP contribution in [0.3, 0.4) is 0 Å². The molecule has 0 unspecified atom stereocenters. The van der Waals surface area contributed by atoms with Crippen molar-refractivity contribution in [1.82, 2.24) is 0 Å². The molecule has 0 aromatic heterocycles. The standard InChI is InChI=1S/H2O4S.Pb.Sb.3H/c1-5(2,3)4;;;;;/h(H2,1,2,3,4);;;;;/q;+2;;;;/p-2. The van der Waals surface area contributed by atoms with Gasteiger partial charge in [-0.25, -0.2) is 0 Å². The summed E-state index contributed by atoms with van der Waals surface area (Å²) < 4.78 is 34.1. The van der Waals surface area contributed by atoms with Crippen molar-refractivity contribution in [2.24, 2.45) is 0 Å². The van der Waals surface area contributed by atoms with Crippen molar-refractivity contribution in [3.63, 3.8) is 0 Å². The normalized spacial score (nSPS) is 8.29. The average molecular weight is 428 g/mol. The van der Waals surface area contributed by atoms with Gasteiger partial charge in [-0.15, -0.1) is 0 Å². The summed E-state index contributed by atoms with van der Waals surface area (Å²) in [4.78, 5) is 0. The van der Waals surface area contributed by atoms with Gasteiger partial charge >= 0.3 is 51.7 Å². The van der Waals surface area contributed by atoms with Gasteiger partial charge in [-0.05, 0) is 0 Å². The Bertz CT molecular complexity index is 94.9. The zero-order valence-electron chi connectivity index (χ0n) is 3.25. The van der Waals surface area contributed by atoms with Crippen molar-refractivity contribution in [3.05, 3.63) is 0 Å². The summed E-state index contributed by atoms with van der Waals surface area (Å²) >= 11 is 0. The van der Waals surface area contributed by atoms with Crippen LogP contribution in [0.4, 0.5) is 0 Å². The molecule has 42 valence electrons. The second-order valence-corrected chi connectivity index (χ2v) is 1.22. The molecule has 7 heavy (non-hydrogen) atoms. The molecule has 2 radical (unpaired) electrons. The molecule has 0 aliphatic heterocycles. The molecule has 0 aliphatic rings. The van der Waals surface area contributed by atoms with Crippen molar-refractivity contribution in [2.75, 3.05) is 0 Å². The Morgan fingerprint density at radius 3 is 1.14 bits per heavy atom.